The monoisotopic (exact) mass is 316 g/mol. The van der Waals surface area contributed by atoms with E-state index in [0.29, 0.717) is 6.61 Å². The second kappa shape index (κ2) is 6.23. The van der Waals surface area contributed by atoms with Crippen molar-refractivity contribution in [2.45, 2.75) is 17.6 Å². The number of aliphatic hydroxyl groups is 1. The van der Waals surface area contributed by atoms with Crippen molar-refractivity contribution in [1.82, 2.24) is 0 Å². The molecule has 1 heterocycles. The Balaban J connectivity index is 2.03. The molecule has 0 amide bonds. The Bertz CT molecular complexity index is 683. The predicted octanol–water partition coefficient (Wildman–Crippen LogP) is 3.78. The lowest BCUT2D eigenvalue weighted by Crippen LogP contribution is -2.45. The molecule has 0 radical (unpaired) electrons. The van der Waals surface area contributed by atoms with Crippen LogP contribution in [0.15, 0.2) is 91.0 Å². The number of aliphatic hydroxyl groups excluding tert-OH is 1. The zero-order valence-corrected chi connectivity index (χ0v) is 13.4. The Hall–Kier alpha value is -2.42. The van der Waals surface area contributed by atoms with Gasteiger partial charge < -0.3 is 9.84 Å². The Labute approximate surface area is 142 Å². The van der Waals surface area contributed by atoms with Crippen molar-refractivity contribution in [3.05, 3.63) is 108 Å². The van der Waals surface area contributed by atoms with Gasteiger partial charge in [-0.2, -0.15) is 0 Å². The van der Waals surface area contributed by atoms with Crippen LogP contribution >= 0.6 is 0 Å². The maximum atomic E-state index is 11.3. The van der Waals surface area contributed by atoms with Crippen molar-refractivity contribution in [2.75, 3.05) is 6.61 Å². The molecule has 0 saturated carbocycles. The number of epoxide rings is 1. The normalized spacial score (nSPS) is 18.1. The van der Waals surface area contributed by atoms with Crippen molar-refractivity contribution in [3.63, 3.8) is 0 Å². The lowest BCUT2D eigenvalue weighted by atomic mass is 9.65. The van der Waals surface area contributed by atoms with Gasteiger partial charge in [0, 0.05) is 0 Å². The summed E-state index contributed by atoms with van der Waals surface area (Å²) in [4.78, 5) is 0. The maximum Gasteiger partial charge on any atom is 0.108 e. The third-order valence-corrected chi connectivity index (χ3v) is 4.84. The number of ether oxygens (including phenoxy) is 1. The minimum absolute atomic E-state index is 0.134. The van der Waals surface area contributed by atoms with E-state index in [9.17, 15) is 5.11 Å². The molecular formula is C22H20O2. The lowest BCUT2D eigenvalue weighted by molar-refractivity contribution is 0.0886. The molecule has 0 spiro atoms. The third-order valence-electron chi connectivity index (χ3n) is 4.84. The molecule has 0 bridgehead atoms. The minimum Gasteiger partial charge on any atom is -0.389 e. The van der Waals surface area contributed by atoms with Crippen LogP contribution in [-0.2, 0) is 10.2 Å². The molecule has 2 nitrogen and oxygen atoms in total. The maximum absolute atomic E-state index is 11.3. The quantitative estimate of drug-likeness (QED) is 0.574. The van der Waals surface area contributed by atoms with Crippen LogP contribution in [-0.4, -0.2) is 23.9 Å². The molecule has 1 unspecified atom stereocenters. The molecule has 120 valence electrons. The van der Waals surface area contributed by atoms with Crippen LogP contribution in [0, 0.1) is 0 Å². The van der Waals surface area contributed by atoms with E-state index in [4.69, 9.17) is 4.74 Å². The summed E-state index contributed by atoms with van der Waals surface area (Å²) in [5.41, 5.74) is 2.58. The van der Waals surface area contributed by atoms with Crippen molar-refractivity contribution in [1.29, 1.82) is 0 Å². The van der Waals surface area contributed by atoms with Gasteiger partial charge in [-0.1, -0.05) is 91.0 Å². The summed E-state index contributed by atoms with van der Waals surface area (Å²) in [5.74, 6) is 0. The number of benzene rings is 3. The Morgan fingerprint density at radius 1 is 0.708 bits per heavy atom. The zero-order valence-electron chi connectivity index (χ0n) is 13.4. The van der Waals surface area contributed by atoms with Crippen LogP contribution in [0.4, 0.5) is 0 Å². The highest BCUT2D eigenvalue weighted by Gasteiger charge is 2.50. The highest BCUT2D eigenvalue weighted by atomic mass is 16.6. The van der Waals surface area contributed by atoms with Gasteiger partial charge in [-0.05, 0) is 16.7 Å². The van der Waals surface area contributed by atoms with Gasteiger partial charge in [-0.15, -0.1) is 0 Å². The molecule has 24 heavy (non-hydrogen) atoms. The molecule has 1 aliphatic heterocycles. The fraction of sp³-hybridized carbons (Fsp3) is 0.182. The van der Waals surface area contributed by atoms with Crippen LogP contribution in [0.3, 0.4) is 0 Å². The lowest BCUT2D eigenvalue weighted by Gasteiger charge is -2.39. The molecule has 1 N–H and O–H groups in total. The van der Waals surface area contributed by atoms with Crippen LogP contribution in [0.2, 0.25) is 0 Å². The average molecular weight is 316 g/mol. The fourth-order valence-corrected chi connectivity index (χ4v) is 3.63. The SMILES string of the molecule is OC([C@H]1CO1)C(c1ccccc1)(c1ccccc1)c1ccccc1. The highest BCUT2D eigenvalue weighted by molar-refractivity contribution is 5.52. The van der Waals surface area contributed by atoms with Gasteiger partial charge in [0.15, 0.2) is 0 Å². The van der Waals surface area contributed by atoms with E-state index in [1.54, 1.807) is 0 Å². The molecule has 1 saturated heterocycles. The van der Waals surface area contributed by atoms with Crippen LogP contribution < -0.4 is 0 Å². The van der Waals surface area contributed by atoms with E-state index >= 15 is 0 Å². The second-order valence-corrected chi connectivity index (χ2v) is 6.22. The number of rotatable bonds is 5. The number of hydrogen-bond donors (Lipinski definition) is 1. The van der Waals surface area contributed by atoms with Crippen molar-refractivity contribution in [3.8, 4) is 0 Å². The second-order valence-electron chi connectivity index (χ2n) is 6.22. The Morgan fingerprint density at radius 2 is 1.04 bits per heavy atom. The zero-order chi connectivity index (χ0) is 16.4. The van der Waals surface area contributed by atoms with Crippen LogP contribution in [0.25, 0.3) is 0 Å². The van der Waals surface area contributed by atoms with Crippen molar-refractivity contribution in [2.24, 2.45) is 0 Å². The topological polar surface area (TPSA) is 32.8 Å². The van der Waals surface area contributed by atoms with Gasteiger partial charge in [-0.3, -0.25) is 0 Å². The van der Waals surface area contributed by atoms with Crippen LogP contribution in [0.1, 0.15) is 16.7 Å². The minimum atomic E-state index is -0.648. The van der Waals surface area contributed by atoms with Gasteiger partial charge in [0.2, 0.25) is 0 Å². The summed E-state index contributed by atoms with van der Waals surface area (Å²) >= 11 is 0. The molecule has 1 aliphatic rings. The summed E-state index contributed by atoms with van der Waals surface area (Å²) in [6.07, 6.45) is -0.782. The number of hydrogen-bond acceptors (Lipinski definition) is 2. The first kappa shape index (κ1) is 15.1. The molecule has 4 rings (SSSR count). The fourth-order valence-electron chi connectivity index (χ4n) is 3.63. The first-order valence-corrected chi connectivity index (χ1v) is 8.29. The summed E-state index contributed by atoms with van der Waals surface area (Å²) in [5, 5.41) is 11.3. The molecule has 0 aromatic heterocycles. The van der Waals surface area contributed by atoms with E-state index in [1.807, 2.05) is 54.6 Å². The first-order valence-electron chi connectivity index (χ1n) is 8.29. The largest absolute Gasteiger partial charge is 0.389 e. The molecule has 3 aromatic carbocycles. The van der Waals surface area contributed by atoms with Gasteiger partial charge in [0.1, 0.15) is 12.2 Å². The molecular weight excluding hydrogens is 296 g/mol. The smallest absolute Gasteiger partial charge is 0.108 e. The van der Waals surface area contributed by atoms with E-state index in [0.717, 1.165) is 16.7 Å². The Kier molecular flexibility index (Phi) is 3.93. The molecule has 2 atom stereocenters. The van der Waals surface area contributed by atoms with Crippen molar-refractivity contribution >= 4 is 0 Å². The van der Waals surface area contributed by atoms with E-state index < -0.39 is 11.5 Å². The molecule has 2 heteroatoms. The van der Waals surface area contributed by atoms with Crippen LogP contribution in [0.5, 0.6) is 0 Å². The van der Waals surface area contributed by atoms with E-state index in [-0.39, 0.29) is 6.10 Å². The van der Waals surface area contributed by atoms with E-state index in [2.05, 4.69) is 36.4 Å². The Morgan fingerprint density at radius 3 is 1.33 bits per heavy atom. The van der Waals surface area contributed by atoms with Gasteiger partial charge in [0.05, 0.1) is 12.0 Å². The predicted molar refractivity (Wildman–Crippen MR) is 95.0 cm³/mol. The van der Waals surface area contributed by atoms with Gasteiger partial charge >= 0.3 is 0 Å². The standard InChI is InChI=1S/C22H20O2/c23-21(20-16-24-20)22(17-10-4-1-5-11-17,18-12-6-2-7-13-18)19-14-8-3-9-15-19/h1-15,20-21,23H,16H2/t20-,21?/m1/s1. The van der Waals surface area contributed by atoms with Gasteiger partial charge in [0.25, 0.3) is 0 Å². The summed E-state index contributed by atoms with van der Waals surface area (Å²) < 4.78 is 5.49. The van der Waals surface area contributed by atoms with Gasteiger partial charge in [-0.25, -0.2) is 0 Å². The molecule has 3 aromatic rings. The molecule has 1 fully saturated rings. The third kappa shape index (κ3) is 2.44. The highest BCUT2D eigenvalue weighted by Crippen LogP contribution is 2.45. The van der Waals surface area contributed by atoms with Crippen molar-refractivity contribution < 1.29 is 9.84 Å². The summed E-state index contributed by atoms with van der Waals surface area (Å²) in [6.45, 7) is 0.607. The summed E-state index contributed by atoms with van der Waals surface area (Å²) in [6, 6.07) is 30.7. The molecule has 0 aliphatic carbocycles. The average Bonchev–Trinajstić information content (AvgIpc) is 3.50. The summed E-state index contributed by atoms with van der Waals surface area (Å²) in [7, 11) is 0. The van der Waals surface area contributed by atoms with E-state index in [1.165, 1.54) is 0 Å². The first-order chi connectivity index (χ1) is 11.8.